The molecular weight excluding hydrogens is 424 g/mol. The molecule has 1 aromatic heterocycles. The fraction of sp³-hybridized carbons (Fsp3) is 0.125. The van der Waals surface area contributed by atoms with Gasteiger partial charge in [-0.25, -0.2) is 10.4 Å². The largest absolute Gasteiger partial charge is 0.493 e. The highest BCUT2D eigenvalue weighted by atomic mass is 32.1. The number of methoxy groups -OCH3 is 1. The number of rotatable bonds is 7. The molecule has 32 heavy (non-hydrogen) atoms. The van der Waals surface area contributed by atoms with Crippen LogP contribution in [0.25, 0.3) is 10.2 Å². The Morgan fingerprint density at radius 2 is 1.94 bits per heavy atom. The standard InChI is InChI=1S/C24H22N4O3S/c1-15-3-5-16(6-4-15)14-31-20-10-7-17(11-21(20)30-2)13-26-28-23(29)18-8-9-19-22(12-18)32-24(25)27-19/h3-13H,14H2,1-2H3,(H2,25,27)(H,28,29)/b26-13-. The molecule has 162 valence electrons. The van der Waals surface area contributed by atoms with Gasteiger partial charge in [0.05, 0.1) is 23.5 Å². The van der Waals surface area contributed by atoms with Crippen molar-refractivity contribution < 1.29 is 14.3 Å². The molecule has 0 fully saturated rings. The van der Waals surface area contributed by atoms with Gasteiger partial charge in [-0.05, 0) is 54.4 Å². The lowest BCUT2D eigenvalue weighted by molar-refractivity contribution is 0.0955. The normalized spacial score (nSPS) is 11.1. The highest BCUT2D eigenvalue weighted by Gasteiger charge is 2.09. The fourth-order valence-electron chi connectivity index (χ4n) is 3.04. The molecule has 0 spiro atoms. The van der Waals surface area contributed by atoms with Crippen LogP contribution in [-0.4, -0.2) is 24.2 Å². The number of thiazole rings is 1. The maximum Gasteiger partial charge on any atom is 0.271 e. The van der Waals surface area contributed by atoms with Crippen molar-refractivity contribution >= 4 is 38.8 Å². The van der Waals surface area contributed by atoms with Crippen molar-refractivity contribution in [3.63, 3.8) is 0 Å². The van der Waals surface area contributed by atoms with Crippen LogP contribution in [-0.2, 0) is 6.61 Å². The van der Waals surface area contributed by atoms with Gasteiger partial charge in [0.2, 0.25) is 0 Å². The number of ether oxygens (including phenoxy) is 2. The number of hydrogen-bond acceptors (Lipinski definition) is 7. The number of nitrogens with one attached hydrogen (secondary N) is 1. The van der Waals surface area contributed by atoms with Crippen LogP contribution in [0.5, 0.6) is 11.5 Å². The van der Waals surface area contributed by atoms with Crippen molar-refractivity contribution in [2.75, 3.05) is 12.8 Å². The number of fused-ring (bicyclic) bond motifs is 1. The Bertz CT molecular complexity index is 1280. The number of aryl methyl sites for hydroxylation is 1. The molecule has 1 heterocycles. The number of benzene rings is 3. The Balaban J connectivity index is 1.39. The zero-order valence-electron chi connectivity index (χ0n) is 17.7. The Morgan fingerprint density at radius 3 is 2.72 bits per heavy atom. The minimum atomic E-state index is -0.319. The van der Waals surface area contributed by atoms with Crippen molar-refractivity contribution in [3.8, 4) is 11.5 Å². The van der Waals surface area contributed by atoms with Crippen LogP contribution in [0.4, 0.5) is 5.13 Å². The van der Waals surface area contributed by atoms with Gasteiger partial charge < -0.3 is 15.2 Å². The molecule has 0 unspecified atom stereocenters. The molecule has 4 rings (SSSR count). The maximum absolute atomic E-state index is 12.4. The predicted octanol–water partition coefficient (Wildman–Crippen LogP) is 4.54. The van der Waals surface area contributed by atoms with Crippen molar-refractivity contribution in [2.24, 2.45) is 5.10 Å². The predicted molar refractivity (Wildman–Crippen MR) is 128 cm³/mol. The number of hydrogen-bond donors (Lipinski definition) is 2. The monoisotopic (exact) mass is 446 g/mol. The molecule has 1 amide bonds. The van der Waals surface area contributed by atoms with E-state index in [-0.39, 0.29) is 5.91 Å². The van der Waals surface area contributed by atoms with E-state index in [1.54, 1.807) is 37.6 Å². The van der Waals surface area contributed by atoms with E-state index in [0.29, 0.717) is 28.8 Å². The number of aromatic nitrogens is 1. The molecule has 3 N–H and O–H groups in total. The second-order valence-corrected chi connectivity index (χ2v) is 8.18. The number of nitrogens with zero attached hydrogens (tertiary/aromatic N) is 2. The van der Waals surface area contributed by atoms with Gasteiger partial charge in [0.25, 0.3) is 5.91 Å². The van der Waals surface area contributed by atoms with Crippen LogP contribution in [0.3, 0.4) is 0 Å². The van der Waals surface area contributed by atoms with E-state index in [4.69, 9.17) is 15.2 Å². The Hall–Kier alpha value is -3.91. The molecule has 3 aromatic carbocycles. The number of hydrazone groups is 1. The molecule has 0 aliphatic heterocycles. The molecule has 0 saturated heterocycles. The zero-order valence-corrected chi connectivity index (χ0v) is 18.5. The number of nitrogen functional groups attached to an aromatic ring is 1. The Labute approximate surface area is 189 Å². The van der Waals surface area contributed by atoms with Crippen LogP contribution >= 0.6 is 11.3 Å². The van der Waals surface area contributed by atoms with E-state index < -0.39 is 0 Å². The van der Waals surface area contributed by atoms with Gasteiger partial charge in [0.15, 0.2) is 16.6 Å². The van der Waals surface area contributed by atoms with Crippen molar-refractivity contribution in [1.82, 2.24) is 10.4 Å². The zero-order chi connectivity index (χ0) is 22.5. The molecule has 0 atom stereocenters. The van der Waals surface area contributed by atoms with Crippen LogP contribution < -0.4 is 20.6 Å². The van der Waals surface area contributed by atoms with E-state index in [9.17, 15) is 4.79 Å². The van der Waals surface area contributed by atoms with Crippen molar-refractivity contribution in [1.29, 1.82) is 0 Å². The van der Waals surface area contributed by atoms with Crippen LogP contribution in [0, 0.1) is 6.92 Å². The Kier molecular flexibility index (Phi) is 6.32. The summed E-state index contributed by atoms with van der Waals surface area (Å²) in [5.74, 6) is 0.896. The lowest BCUT2D eigenvalue weighted by Crippen LogP contribution is -2.17. The highest BCUT2D eigenvalue weighted by Crippen LogP contribution is 2.28. The van der Waals surface area contributed by atoms with E-state index in [1.807, 2.05) is 31.2 Å². The van der Waals surface area contributed by atoms with E-state index in [1.165, 1.54) is 16.9 Å². The summed E-state index contributed by atoms with van der Waals surface area (Å²) in [5.41, 5.74) is 12.5. The fourth-order valence-corrected chi connectivity index (χ4v) is 3.82. The second-order valence-electron chi connectivity index (χ2n) is 7.12. The molecule has 4 aromatic rings. The molecule has 0 saturated carbocycles. The third kappa shape index (κ3) is 5.04. The number of nitrogens with two attached hydrogens (primary N) is 1. The van der Waals surface area contributed by atoms with Crippen molar-refractivity contribution in [3.05, 3.63) is 82.9 Å². The smallest absolute Gasteiger partial charge is 0.271 e. The third-order valence-electron chi connectivity index (χ3n) is 4.75. The summed E-state index contributed by atoms with van der Waals surface area (Å²) in [5, 5.41) is 4.52. The lowest BCUT2D eigenvalue weighted by Gasteiger charge is -2.11. The minimum absolute atomic E-state index is 0.319. The summed E-state index contributed by atoms with van der Waals surface area (Å²) in [6, 6.07) is 18.8. The molecule has 0 aliphatic rings. The average molecular weight is 447 g/mol. The number of carbonyl (C=O) groups excluding carboxylic acids is 1. The average Bonchev–Trinajstić information content (AvgIpc) is 3.18. The molecule has 8 heteroatoms. The van der Waals surface area contributed by atoms with E-state index in [2.05, 4.69) is 27.6 Å². The van der Waals surface area contributed by atoms with Gasteiger partial charge in [-0.3, -0.25) is 4.79 Å². The lowest BCUT2D eigenvalue weighted by atomic mass is 10.2. The molecular formula is C24H22N4O3S. The van der Waals surface area contributed by atoms with Gasteiger partial charge in [0.1, 0.15) is 6.61 Å². The molecule has 7 nitrogen and oxygen atoms in total. The molecule has 0 radical (unpaired) electrons. The first-order valence-electron chi connectivity index (χ1n) is 9.87. The van der Waals surface area contributed by atoms with Gasteiger partial charge >= 0.3 is 0 Å². The third-order valence-corrected chi connectivity index (χ3v) is 5.60. The number of anilines is 1. The number of amides is 1. The SMILES string of the molecule is COc1cc(/C=N\NC(=O)c2ccc3nc(N)sc3c2)ccc1OCc1ccc(C)cc1. The quantitative estimate of drug-likeness (QED) is 0.321. The summed E-state index contributed by atoms with van der Waals surface area (Å²) < 4.78 is 12.2. The highest BCUT2D eigenvalue weighted by molar-refractivity contribution is 7.22. The summed E-state index contributed by atoms with van der Waals surface area (Å²) in [6.45, 7) is 2.49. The van der Waals surface area contributed by atoms with Crippen LogP contribution in [0.2, 0.25) is 0 Å². The summed E-state index contributed by atoms with van der Waals surface area (Å²) in [4.78, 5) is 16.6. The van der Waals surface area contributed by atoms with Gasteiger partial charge in [-0.2, -0.15) is 5.10 Å². The first-order valence-corrected chi connectivity index (χ1v) is 10.7. The second kappa shape index (κ2) is 9.49. The molecule has 0 bridgehead atoms. The maximum atomic E-state index is 12.4. The minimum Gasteiger partial charge on any atom is -0.493 e. The van der Waals surface area contributed by atoms with Gasteiger partial charge in [-0.15, -0.1) is 0 Å². The number of carbonyl (C=O) groups is 1. The summed E-state index contributed by atoms with van der Waals surface area (Å²) >= 11 is 1.34. The first kappa shape index (κ1) is 21.3. The first-order chi connectivity index (χ1) is 15.5. The van der Waals surface area contributed by atoms with Crippen molar-refractivity contribution in [2.45, 2.75) is 13.5 Å². The van der Waals surface area contributed by atoms with E-state index in [0.717, 1.165) is 21.3 Å². The van der Waals surface area contributed by atoms with Gasteiger partial charge in [-0.1, -0.05) is 41.2 Å². The van der Waals surface area contributed by atoms with Crippen LogP contribution in [0.1, 0.15) is 27.0 Å². The van der Waals surface area contributed by atoms with E-state index >= 15 is 0 Å². The Morgan fingerprint density at radius 1 is 1.12 bits per heavy atom. The summed E-state index contributed by atoms with van der Waals surface area (Å²) in [7, 11) is 1.58. The summed E-state index contributed by atoms with van der Waals surface area (Å²) in [6.07, 6.45) is 1.55. The topological polar surface area (TPSA) is 98.8 Å². The molecule has 0 aliphatic carbocycles. The van der Waals surface area contributed by atoms with Crippen LogP contribution in [0.15, 0.2) is 65.8 Å². The van der Waals surface area contributed by atoms with Gasteiger partial charge in [0, 0.05) is 5.56 Å².